The van der Waals surface area contributed by atoms with E-state index in [-0.39, 0.29) is 11.6 Å². The number of ether oxygens (including phenoxy) is 2. The summed E-state index contributed by atoms with van der Waals surface area (Å²) in [5.74, 6) is 1.26. The van der Waals surface area contributed by atoms with Crippen molar-refractivity contribution < 1.29 is 18.7 Å². The van der Waals surface area contributed by atoms with Crippen LogP contribution in [0.2, 0.25) is 0 Å². The maximum absolute atomic E-state index is 13.0. The number of carbonyl (C=O) groups excluding carboxylic acids is 1. The van der Waals surface area contributed by atoms with Gasteiger partial charge >= 0.3 is 0 Å². The van der Waals surface area contributed by atoms with Crippen molar-refractivity contribution in [3.63, 3.8) is 0 Å². The van der Waals surface area contributed by atoms with E-state index in [4.69, 9.17) is 9.47 Å². The van der Waals surface area contributed by atoms with Crippen LogP contribution in [0.25, 0.3) is 12.2 Å². The van der Waals surface area contributed by atoms with Crippen molar-refractivity contribution in [2.24, 2.45) is 0 Å². The average molecular weight is 501 g/mol. The van der Waals surface area contributed by atoms with E-state index in [0.717, 1.165) is 42.1 Å². The van der Waals surface area contributed by atoms with Crippen LogP contribution >= 0.6 is 0 Å². The van der Waals surface area contributed by atoms with Crippen LogP contribution in [0.5, 0.6) is 11.5 Å². The topological polar surface area (TPSA) is 35.5 Å². The van der Waals surface area contributed by atoms with Gasteiger partial charge < -0.3 is 9.47 Å². The second-order valence-electron chi connectivity index (χ2n) is 9.07. The van der Waals surface area contributed by atoms with Crippen LogP contribution in [0.3, 0.4) is 0 Å². The summed E-state index contributed by atoms with van der Waals surface area (Å²) in [6.07, 6.45) is 14.6. The molecule has 0 bridgehead atoms. The normalized spacial score (nSPS) is 10.9. The van der Waals surface area contributed by atoms with Gasteiger partial charge in [-0.1, -0.05) is 81.5 Å². The van der Waals surface area contributed by atoms with Crippen LogP contribution in [0.1, 0.15) is 72.9 Å². The van der Waals surface area contributed by atoms with Gasteiger partial charge in [0.25, 0.3) is 0 Å². The molecule has 0 amide bonds. The number of rotatable bonds is 17. The average Bonchev–Trinajstić information content (AvgIpc) is 2.93. The van der Waals surface area contributed by atoms with Crippen LogP contribution < -0.4 is 9.47 Å². The van der Waals surface area contributed by atoms with Crippen LogP contribution in [-0.2, 0) is 0 Å². The largest absolute Gasteiger partial charge is 0.494 e. The third-order valence-electron chi connectivity index (χ3n) is 6.13. The molecule has 3 aromatic carbocycles. The first kappa shape index (κ1) is 27.9. The van der Waals surface area contributed by atoms with E-state index in [0.29, 0.717) is 12.2 Å². The Morgan fingerprint density at radius 2 is 1.11 bits per heavy atom. The summed E-state index contributed by atoms with van der Waals surface area (Å²) in [5.41, 5.74) is 2.49. The van der Waals surface area contributed by atoms with Crippen molar-refractivity contribution in [3.8, 4) is 11.5 Å². The number of carbonyl (C=O) groups is 1. The molecule has 3 rings (SSSR count). The lowest BCUT2D eigenvalue weighted by molar-refractivity contribution is 0.104. The molecular weight excluding hydrogens is 463 g/mol. The van der Waals surface area contributed by atoms with Gasteiger partial charge in [0.15, 0.2) is 5.78 Å². The third kappa shape index (κ3) is 10.9. The van der Waals surface area contributed by atoms with Gasteiger partial charge in [-0.25, -0.2) is 4.39 Å². The van der Waals surface area contributed by atoms with Gasteiger partial charge in [0.1, 0.15) is 17.3 Å². The van der Waals surface area contributed by atoms with Crippen molar-refractivity contribution in [1.29, 1.82) is 0 Å². The van der Waals surface area contributed by atoms with Gasteiger partial charge in [0, 0.05) is 5.56 Å². The fourth-order valence-corrected chi connectivity index (χ4v) is 3.90. The zero-order valence-corrected chi connectivity index (χ0v) is 21.5. The minimum absolute atomic E-state index is 0.153. The van der Waals surface area contributed by atoms with Crippen molar-refractivity contribution in [2.75, 3.05) is 13.2 Å². The summed E-state index contributed by atoms with van der Waals surface area (Å²) in [4.78, 5) is 12.1. The Hall–Kier alpha value is -3.66. The predicted octanol–water partition coefficient (Wildman–Crippen LogP) is 8.94. The van der Waals surface area contributed by atoms with E-state index in [1.165, 1.54) is 68.9 Å². The Morgan fingerprint density at radius 3 is 1.59 bits per heavy atom. The molecule has 0 atom stereocenters. The van der Waals surface area contributed by atoms with Gasteiger partial charge in [-0.3, -0.25) is 4.79 Å². The Balaban J connectivity index is 1.17. The standard InChI is InChI=1S/C33H37FO3/c1-2-27-11-20-31(21-12-27)36-25-9-7-5-3-4-6-8-10-26-37-32-22-13-28(14-23-32)15-24-33(35)29-16-18-30(34)19-17-29/h2,11-24H,1,3-10,25-26H2. The minimum atomic E-state index is -0.351. The number of hydrogen-bond donors (Lipinski definition) is 0. The predicted molar refractivity (Wildman–Crippen MR) is 151 cm³/mol. The number of benzene rings is 3. The zero-order valence-electron chi connectivity index (χ0n) is 21.5. The molecule has 37 heavy (non-hydrogen) atoms. The van der Waals surface area contributed by atoms with Gasteiger partial charge in [0.05, 0.1) is 13.2 Å². The summed E-state index contributed by atoms with van der Waals surface area (Å²) in [6.45, 7) is 5.25. The summed E-state index contributed by atoms with van der Waals surface area (Å²) in [6, 6.07) is 21.3. The molecule has 4 heteroatoms. The quantitative estimate of drug-likeness (QED) is 0.105. The lowest BCUT2D eigenvalue weighted by Crippen LogP contribution is -1.98. The van der Waals surface area contributed by atoms with E-state index in [2.05, 4.69) is 6.58 Å². The number of ketones is 1. The zero-order chi connectivity index (χ0) is 26.1. The molecule has 0 N–H and O–H groups in total. The molecule has 0 radical (unpaired) electrons. The molecule has 0 aliphatic carbocycles. The highest BCUT2D eigenvalue weighted by Crippen LogP contribution is 2.16. The first-order chi connectivity index (χ1) is 18.1. The highest BCUT2D eigenvalue weighted by molar-refractivity contribution is 6.06. The lowest BCUT2D eigenvalue weighted by Gasteiger charge is -2.07. The van der Waals surface area contributed by atoms with E-state index < -0.39 is 0 Å². The Morgan fingerprint density at radius 1 is 0.649 bits per heavy atom. The van der Waals surface area contributed by atoms with E-state index in [9.17, 15) is 9.18 Å². The molecule has 0 heterocycles. The molecule has 0 aliphatic rings. The highest BCUT2D eigenvalue weighted by Gasteiger charge is 2.02. The maximum Gasteiger partial charge on any atom is 0.185 e. The summed E-state index contributed by atoms with van der Waals surface area (Å²) in [5, 5.41) is 0. The van der Waals surface area contributed by atoms with Crippen LogP contribution in [0.15, 0.2) is 85.5 Å². The first-order valence-corrected chi connectivity index (χ1v) is 13.2. The van der Waals surface area contributed by atoms with Gasteiger partial charge in [-0.05, 0) is 78.6 Å². The van der Waals surface area contributed by atoms with Gasteiger partial charge in [-0.2, -0.15) is 0 Å². The second kappa shape index (κ2) is 16.2. The van der Waals surface area contributed by atoms with Crippen molar-refractivity contribution >= 4 is 17.9 Å². The van der Waals surface area contributed by atoms with Crippen molar-refractivity contribution in [1.82, 2.24) is 0 Å². The number of halogens is 1. The molecule has 0 unspecified atom stereocenters. The molecule has 0 saturated carbocycles. The minimum Gasteiger partial charge on any atom is -0.494 e. The number of hydrogen-bond acceptors (Lipinski definition) is 3. The molecular formula is C33H37FO3. The Kier molecular flexibility index (Phi) is 12.2. The first-order valence-electron chi connectivity index (χ1n) is 13.2. The molecule has 194 valence electrons. The number of unbranched alkanes of at least 4 members (excludes halogenated alkanes) is 7. The molecule has 0 aromatic heterocycles. The summed E-state index contributed by atoms with van der Waals surface area (Å²) in [7, 11) is 0. The van der Waals surface area contributed by atoms with Crippen LogP contribution in [0, 0.1) is 5.82 Å². The molecule has 0 spiro atoms. The SMILES string of the molecule is C=Cc1ccc(OCCCCCCCCCCOc2ccc(C=CC(=O)c3ccc(F)cc3)cc2)cc1. The molecule has 0 saturated heterocycles. The lowest BCUT2D eigenvalue weighted by atomic mass is 10.1. The Bertz CT molecular complexity index is 1100. The molecule has 0 fully saturated rings. The fraction of sp³-hybridized carbons (Fsp3) is 0.303. The van der Waals surface area contributed by atoms with E-state index >= 15 is 0 Å². The Labute approximate surface area is 220 Å². The molecule has 3 nitrogen and oxygen atoms in total. The fourth-order valence-electron chi connectivity index (χ4n) is 3.90. The smallest absolute Gasteiger partial charge is 0.185 e. The van der Waals surface area contributed by atoms with Crippen molar-refractivity contribution in [2.45, 2.75) is 51.4 Å². The van der Waals surface area contributed by atoms with Crippen LogP contribution in [-0.4, -0.2) is 19.0 Å². The number of allylic oxidation sites excluding steroid dienone is 1. The molecule has 3 aromatic rings. The van der Waals surface area contributed by atoms with Gasteiger partial charge in [-0.15, -0.1) is 0 Å². The second-order valence-corrected chi connectivity index (χ2v) is 9.07. The van der Waals surface area contributed by atoms with E-state index in [1.807, 2.05) is 54.6 Å². The third-order valence-corrected chi connectivity index (χ3v) is 6.13. The monoisotopic (exact) mass is 500 g/mol. The van der Waals surface area contributed by atoms with E-state index in [1.54, 1.807) is 6.08 Å². The maximum atomic E-state index is 13.0. The molecule has 0 aliphatic heterocycles. The van der Waals surface area contributed by atoms with Crippen LogP contribution in [0.4, 0.5) is 4.39 Å². The summed E-state index contributed by atoms with van der Waals surface area (Å²) < 4.78 is 24.6. The summed E-state index contributed by atoms with van der Waals surface area (Å²) >= 11 is 0. The van der Waals surface area contributed by atoms with Gasteiger partial charge in [0.2, 0.25) is 0 Å². The highest BCUT2D eigenvalue weighted by atomic mass is 19.1. The van der Waals surface area contributed by atoms with Crippen molar-refractivity contribution in [3.05, 3.63) is 108 Å².